The van der Waals surface area contributed by atoms with Crippen molar-refractivity contribution in [3.8, 4) is 0 Å². The van der Waals surface area contributed by atoms with E-state index in [4.69, 9.17) is 0 Å². The number of nitro benzene ring substituents is 1. The van der Waals surface area contributed by atoms with Crippen molar-refractivity contribution in [3.63, 3.8) is 0 Å². The summed E-state index contributed by atoms with van der Waals surface area (Å²) in [6.45, 7) is 1.98. The fraction of sp³-hybridized carbons (Fsp3) is 0.278. The van der Waals surface area contributed by atoms with Gasteiger partial charge in [-0.1, -0.05) is 42.5 Å². The number of nitro groups is 1. The zero-order chi connectivity index (χ0) is 16.7. The number of nitrogens with zero attached hydrogens (tertiary/aromatic N) is 1. The molecule has 1 atom stereocenters. The van der Waals surface area contributed by atoms with E-state index < -0.39 is 4.92 Å². The predicted octanol–water partition coefficient (Wildman–Crippen LogP) is 3.27. The summed E-state index contributed by atoms with van der Waals surface area (Å²) >= 11 is 0. The average molecular weight is 312 g/mol. The van der Waals surface area contributed by atoms with E-state index in [0.717, 1.165) is 18.4 Å². The minimum Gasteiger partial charge on any atom is -0.353 e. The van der Waals surface area contributed by atoms with Gasteiger partial charge in [0.05, 0.1) is 11.3 Å². The first-order chi connectivity index (χ1) is 11.0. The van der Waals surface area contributed by atoms with Crippen molar-refractivity contribution < 1.29 is 9.72 Å². The van der Waals surface area contributed by atoms with Crippen LogP contribution in [0, 0.1) is 10.1 Å². The van der Waals surface area contributed by atoms with Crippen molar-refractivity contribution in [1.82, 2.24) is 5.32 Å². The molecule has 2 aromatic rings. The molecule has 5 heteroatoms. The Bertz CT molecular complexity index is 654. The van der Waals surface area contributed by atoms with E-state index in [1.54, 1.807) is 12.1 Å². The molecule has 2 rings (SSSR count). The zero-order valence-electron chi connectivity index (χ0n) is 13.1. The highest BCUT2D eigenvalue weighted by Gasteiger charge is 2.10. The third-order valence-electron chi connectivity index (χ3n) is 3.63. The van der Waals surface area contributed by atoms with Gasteiger partial charge in [-0.15, -0.1) is 0 Å². The zero-order valence-corrected chi connectivity index (χ0v) is 13.1. The van der Waals surface area contributed by atoms with Gasteiger partial charge in [-0.2, -0.15) is 0 Å². The first-order valence-corrected chi connectivity index (χ1v) is 7.61. The lowest BCUT2D eigenvalue weighted by Gasteiger charge is -2.14. The number of nitrogens with one attached hydrogen (secondary N) is 1. The van der Waals surface area contributed by atoms with Crippen molar-refractivity contribution in [1.29, 1.82) is 0 Å². The Kier molecular flexibility index (Phi) is 5.86. The molecule has 0 aromatic heterocycles. The van der Waals surface area contributed by atoms with Crippen LogP contribution in [0.4, 0.5) is 5.69 Å². The number of carbonyl (C=O) groups is 1. The second-order valence-electron chi connectivity index (χ2n) is 5.59. The van der Waals surface area contributed by atoms with Crippen LogP contribution in [-0.2, 0) is 17.6 Å². The molecule has 0 radical (unpaired) electrons. The van der Waals surface area contributed by atoms with Gasteiger partial charge in [0, 0.05) is 18.2 Å². The van der Waals surface area contributed by atoms with Crippen molar-refractivity contribution >= 4 is 11.6 Å². The van der Waals surface area contributed by atoms with E-state index in [1.807, 2.05) is 25.1 Å². The number of amides is 1. The highest BCUT2D eigenvalue weighted by molar-refractivity contribution is 5.78. The van der Waals surface area contributed by atoms with Gasteiger partial charge in [0.15, 0.2) is 0 Å². The highest BCUT2D eigenvalue weighted by Crippen LogP contribution is 2.12. The molecule has 0 saturated carbocycles. The minimum atomic E-state index is -0.449. The van der Waals surface area contributed by atoms with Gasteiger partial charge < -0.3 is 5.32 Å². The molecule has 120 valence electrons. The van der Waals surface area contributed by atoms with Crippen LogP contribution < -0.4 is 5.32 Å². The minimum absolute atomic E-state index is 0.0328. The van der Waals surface area contributed by atoms with Crippen molar-refractivity contribution in [2.24, 2.45) is 0 Å². The van der Waals surface area contributed by atoms with Gasteiger partial charge in [0.25, 0.3) is 5.69 Å². The van der Waals surface area contributed by atoms with Crippen LogP contribution in [0.15, 0.2) is 54.6 Å². The molecule has 0 aliphatic rings. The van der Waals surface area contributed by atoms with E-state index in [1.165, 1.54) is 17.7 Å². The molecular weight excluding hydrogens is 292 g/mol. The van der Waals surface area contributed by atoms with Crippen LogP contribution in [0.3, 0.4) is 0 Å². The highest BCUT2D eigenvalue weighted by atomic mass is 16.6. The summed E-state index contributed by atoms with van der Waals surface area (Å²) in [5, 5.41) is 13.6. The van der Waals surface area contributed by atoms with Crippen LogP contribution in [0.5, 0.6) is 0 Å². The molecule has 0 fully saturated rings. The SMILES string of the molecule is C[C@H](CCc1ccccc1)NC(=O)Cc1ccc([N+](=O)[O-])cc1. The lowest BCUT2D eigenvalue weighted by molar-refractivity contribution is -0.384. The fourth-order valence-electron chi connectivity index (χ4n) is 2.35. The molecule has 23 heavy (non-hydrogen) atoms. The van der Waals surface area contributed by atoms with Gasteiger partial charge in [-0.05, 0) is 30.9 Å². The summed E-state index contributed by atoms with van der Waals surface area (Å²) in [7, 11) is 0. The predicted molar refractivity (Wildman–Crippen MR) is 89.2 cm³/mol. The molecule has 2 aromatic carbocycles. The van der Waals surface area contributed by atoms with Gasteiger partial charge >= 0.3 is 0 Å². The monoisotopic (exact) mass is 312 g/mol. The van der Waals surface area contributed by atoms with Crippen LogP contribution in [-0.4, -0.2) is 16.9 Å². The Balaban J connectivity index is 1.78. The number of hydrogen-bond donors (Lipinski definition) is 1. The first kappa shape index (κ1) is 16.7. The van der Waals surface area contributed by atoms with Crippen molar-refractivity contribution in [3.05, 3.63) is 75.8 Å². The molecule has 0 aliphatic heterocycles. The molecule has 0 bridgehead atoms. The Hall–Kier alpha value is -2.69. The fourth-order valence-corrected chi connectivity index (χ4v) is 2.35. The standard InChI is InChI=1S/C18H20N2O3/c1-14(7-8-15-5-3-2-4-6-15)19-18(21)13-16-9-11-17(12-10-16)20(22)23/h2-6,9-12,14H,7-8,13H2,1H3,(H,19,21)/t14-/m1/s1. The van der Waals surface area contributed by atoms with Crippen LogP contribution in [0.25, 0.3) is 0 Å². The summed E-state index contributed by atoms with van der Waals surface area (Å²) in [6.07, 6.45) is 2.02. The van der Waals surface area contributed by atoms with Crippen LogP contribution in [0.1, 0.15) is 24.5 Å². The third-order valence-corrected chi connectivity index (χ3v) is 3.63. The van der Waals surface area contributed by atoms with Gasteiger partial charge in [-0.3, -0.25) is 14.9 Å². The Morgan fingerprint density at radius 2 is 1.74 bits per heavy atom. The van der Waals surface area contributed by atoms with E-state index >= 15 is 0 Å². The summed E-state index contributed by atoms with van der Waals surface area (Å²) in [5.41, 5.74) is 2.05. The van der Waals surface area contributed by atoms with Gasteiger partial charge in [0.2, 0.25) is 5.91 Å². The van der Waals surface area contributed by atoms with Crippen LogP contribution in [0.2, 0.25) is 0 Å². The normalized spacial score (nSPS) is 11.7. The maximum Gasteiger partial charge on any atom is 0.269 e. The van der Waals surface area contributed by atoms with Gasteiger partial charge in [0.1, 0.15) is 0 Å². The molecular formula is C18H20N2O3. The van der Waals surface area contributed by atoms with Gasteiger partial charge in [-0.25, -0.2) is 0 Å². The van der Waals surface area contributed by atoms with Crippen molar-refractivity contribution in [2.45, 2.75) is 32.2 Å². The van der Waals surface area contributed by atoms with E-state index in [0.29, 0.717) is 0 Å². The maximum atomic E-state index is 12.0. The molecule has 1 N–H and O–H groups in total. The number of rotatable bonds is 7. The maximum absolute atomic E-state index is 12.0. The van der Waals surface area contributed by atoms with Crippen LogP contribution >= 0.6 is 0 Å². The Labute approximate surface area is 135 Å². The van der Waals surface area contributed by atoms with E-state index in [9.17, 15) is 14.9 Å². The quantitative estimate of drug-likeness (QED) is 0.630. The third kappa shape index (κ3) is 5.54. The largest absolute Gasteiger partial charge is 0.353 e. The number of aryl methyl sites for hydroxylation is 1. The summed E-state index contributed by atoms with van der Waals surface area (Å²) in [6, 6.07) is 16.3. The number of hydrogen-bond acceptors (Lipinski definition) is 3. The first-order valence-electron chi connectivity index (χ1n) is 7.61. The second kappa shape index (κ2) is 8.08. The smallest absolute Gasteiger partial charge is 0.269 e. The second-order valence-corrected chi connectivity index (χ2v) is 5.59. The molecule has 0 aliphatic carbocycles. The van der Waals surface area contributed by atoms with Crippen molar-refractivity contribution in [2.75, 3.05) is 0 Å². The molecule has 0 saturated heterocycles. The Morgan fingerprint density at radius 3 is 2.35 bits per heavy atom. The molecule has 0 spiro atoms. The molecule has 0 heterocycles. The number of carbonyl (C=O) groups excluding carboxylic acids is 1. The van der Waals surface area contributed by atoms with E-state index in [2.05, 4.69) is 17.4 Å². The Morgan fingerprint density at radius 1 is 1.09 bits per heavy atom. The topological polar surface area (TPSA) is 72.2 Å². The lowest BCUT2D eigenvalue weighted by Crippen LogP contribution is -2.34. The average Bonchev–Trinajstić information content (AvgIpc) is 2.54. The summed E-state index contributed by atoms with van der Waals surface area (Å²) in [5.74, 6) is -0.0700. The van der Waals surface area contributed by atoms with E-state index in [-0.39, 0.29) is 24.1 Å². The summed E-state index contributed by atoms with van der Waals surface area (Å²) < 4.78 is 0. The number of non-ortho nitro benzene ring substituents is 1. The molecule has 0 unspecified atom stereocenters. The molecule has 1 amide bonds. The lowest BCUT2D eigenvalue weighted by atomic mass is 10.1. The molecule has 5 nitrogen and oxygen atoms in total. The summed E-state index contributed by atoms with van der Waals surface area (Å²) in [4.78, 5) is 22.2. The number of benzene rings is 2.